The third-order valence-electron chi connectivity index (χ3n) is 4.87. The van der Waals surface area contributed by atoms with Gasteiger partial charge in [0, 0.05) is 33.2 Å². The minimum absolute atomic E-state index is 0.258. The van der Waals surface area contributed by atoms with Crippen molar-refractivity contribution in [3.05, 3.63) is 11.8 Å². The van der Waals surface area contributed by atoms with Crippen molar-refractivity contribution in [2.75, 3.05) is 36.0 Å². The van der Waals surface area contributed by atoms with E-state index in [9.17, 15) is 9.90 Å². The van der Waals surface area contributed by atoms with E-state index >= 15 is 0 Å². The molecule has 0 spiro atoms. The fraction of sp³-hybridized carbons (Fsp3) is 0.562. The second kappa shape index (κ2) is 5.40. The van der Waals surface area contributed by atoms with E-state index in [1.807, 2.05) is 0 Å². The molecule has 2 aliphatic heterocycles. The van der Waals surface area contributed by atoms with Crippen LogP contribution in [0.4, 0.5) is 11.8 Å². The van der Waals surface area contributed by atoms with Crippen molar-refractivity contribution in [2.24, 2.45) is 7.05 Å². The number of carboxylic acids is 1. The highest BCUT2D eigenvalue weighted by Gasteiger charge is 2.25. The molecule has 1 N–H and O–H groups in total. The Morgan fingerprint density at radius 1 is 1.04 bits per heavy atom. The molecule has 2 fully saturated rings. The predicted molar refractivity (Wildman–Crippen MR) is 88.4 cm³/mol. The van der Waals surface area contributed by atoms with Gasteiger partial charge in [0.1, 0.15) is 17.2 Å². The SMILES string of the molecule is Cn1c(C(=O)O)cc2c(N3CCCC3)nc(N3CCCC3)nc21. The molecule has 4 rings (SSSR count). The van der Waals surface area contributed by atoms with Crippen LogP contribution >= 0.6 is 0 Å². The first-order valence-corrected chi connectivity index (χ1v) is 8.26. The normalized spacial score (nSPS) is 18.3. The summed E-state index contributed by atoms with van der Waals surface area (Å²) >= 11 is 0. The van der Waals surface area contributed by atoms with E-state index < -0.39 is 5.97 Å². The third kappa shape index (κ3) is 2.31. The molecule has 122 valence electrons. The quantitative estimate of drug-likeness (QED) is 0.932. The summed E-state index contributed by atoms with van der Waals surface area (Å²) in [4.78, 5) is 25.4. The molecule has 0 aromatic carbocycles. The summed E-state index contributed by atoms with van der Waals surface area (Å²) in [6.45, 7) is 3.90. The molecule has 0 bridgehead atoms. The van der Waals surface area contributed by atoms with Crippen molar-refractivity contribution in [2.45, 2.75) is 25.7 Å². The molecular weight excluding hydrogens is 294 g/mol. The molecular formula is C16H21N5O2. The van der Waals surface area contributed by atoms with Gasteiger partial charge >= 0.3 is 5.97 Å². The van der Waals surface area contributed by atoms with E-state index in [0.717, 1.165) is 69.0 Å². The van der Waals surface area contributed by atoms with Crippen LogP contribution in [0.3, 0.4) is 0 Å². The topological polar surface area (TPSA) is 74.5 Å². The lowest BCUT2D eigenvalue weighted by Crippen LogP contribution is -2.24. The molecule has 2 aliphatic rings. The first-order valence-electron chi connectivity index (χ1n) is 8.26. The highest BCUT2D eigenvalue weighted by atomic mass is 16.4. The van der Waals surface area contributed by atoms with Crippen LogP contribution in [0.5, 0.6) is 0 Å². The highest BCUT2D eigenvalue weighted by Crippen LogP contribution is 2.31. The molecule has 7 heteroatoms. The first kappa shape index (κ1) is 14.3. The van der Waals surface area contributed by atoms with E-state index in [-0.39, 0.29) is 5.69 Å². The van der Waals surface area contributed by atoms with Gasteiger partial charge in [-0.2, -0.15) is 9.97 Å². The molecule has 2 aromatic heterocycles. The van der Waals surface area contributed by atoms with Crippen molar-refractivity contribution < 1.29 is 9.90 Å². The fourth-order valence-corrected chi connectivity index (χ4v) is 3.60. The van der Waals surface area contributed by atoms with Crippen LogP contribution in [0.2, 0.25) is 0 Å². The Morgan fingerprint density at radius 2 is 1.65 bits per heavy atom. The summed E-state index contributed by atoms with van der Waals surface area (Å²) in [5, 5.41) is 10.3. The van der Waals surface area contributed by atoms with Gasteiger partial charge in [-0.25, -0.2) is 4.79 Å². The van der Waals surface area contributed by atoms with Crippen molar-refractivity contribution >= 4 is 28.8 Å². The smallest absolute Gasteiger partial charge is 0.352 e. The molecule has 0 atom stereocenters. The maximum absolute atomic E-state index is 11.5. The Balaban J connectivity index is 1.91. The van der Waals surface area contributed by atoms with Crippen LogP contribution in [0.25, 0.3) is 11.0 Å². The van der Waals surface area contributed by atoms with Crippen LogP contribution in [0.1, 0.15) is 36.2 Å². The summed E-state index contributed by atoms with van der Waals surface area (Å²) in [6.07, 6.45) is 4.63. The third-order valence-corrected chi connectivity index (χ3v) is 4.87. The molecule has 7 nitrogen and oxygen atoms in total. The number of rotatable bonds is 3. The Kier molecular flexibility index (Phi) is 3.36. The van der Waals surface area contributed by atoms with Gasteiger partial charge in [-0.3, -0.25) is 0 Å². The van der Waals surface area contributed by atoms with Crippen molar-refractivity contribution in [1.82, 2.24) is 14.5 Å². The number of fused-ring (bicyclic) bond motifs is 1. The Hall–Kier alpha value is -2.31. The molecule has 4 heterocycles. The average molecular weight is 315 g/mol. The zero-order chi connectivity index (χ0) is 16.0. The van der Waals surface area contributed by atoms with E-state index in [1.165, 1.54) is 0 Å². The number of hydrogen-bond donors (Lipinski definition) is 1. The first-order chi connectivity index (χ1) is 11.1. The lowest BCUT2D eigenvalue weighted by atomic mass is 10.3. The van der Waals surface area contributed by atoms with E-state index in [2.05, 4.69) is 14.8 Å². The Morgan fingerprint density at radius 3 is 2.26 bits per heavy atom. The fourth-order valence-electron chi connectivity index (χ4n) is 3.60. The molecule has 2 saturated heterocycles. The number of hydrogen-bond acceptors (Lipinski definition) is 5. The number of aromatic nitrogens is 3. The highest BCUT2D eigenvalue weighted by molar-refractivity contribution is 5.98. The van der Waals surface area contributed by atoms with Crippen LogP contribution < -0.4 is 9.80 Å². The number of carbonyl (C=O) groups is 1. The Labute approximate surface area is 134 Å². The second-order valence-electron chi connectivity index (χ2n) is 6.37. The summed E-state index contributed by atoms with van der Waals surface area (Å²) < 4.78 is 1.67. The summed E-state index contributed by atoms with van der Waals surface area (Å²) in [7, 11) is 1.76. The van der Waals surface area contributed by atoms with Crippen LogP contribution in [-0.2, 0) is 7.05 Å². The standard InChI is InChI=1S/C16H21N5O2/c1-19-12(15(22)23)10-11-13(19)17-16(21-8-4-5-9-21)18-14(11)20-6-2-3-7-20/h10H,2-9H2,1H3,(H,22,23). The zero-order valence-corrected chi connectivity index (χ0v) is 13.3. The van der Waals surface area contributed by atoms with Gasteiger partial charge in [0.05, 0.1) is 5.39 Å². The molecule has 0 amide bonds. The zero-order valence-electron chi connectivity index (χ0n) is 13.3. The van der Waals surface area contributed by atoms with Crippen molar-refractivity contribution in [3.8, 4) is 0 Å². The van der Waals surface area contributed by atoms with Gasteiger partial charge < -0.3 is 19.5 Å². The summed E-state index contributed by atoms with van der Waals surface area (Å²) in [5.41, 5.74) is 0.967. The van der Waals surface area contributed by atoms with Crippen molar-refractivity contribution in [3.63, 3.8) is 0 Å². The van der Waals surface area contributed by atoms with E-state index in [4.69, 9.17) is 4.98 Å². The maximum atomic E-state index is 11.5. The minimum atomic E-state index is -0.930. The number of anilines is 2. The number of nitrogens with zero attached hydrogens (tertiary/aromatic N) is 5. The summed E-state index contributed by atoms with van der Waals surface area (Å²) in [6, 6.07) is 1.71. The van der Waals surface area contributed by atoms with Gasteiger partial charge in [-0.05, 0) is 31.7 Å². The van der Waals surface area contributed by atoms with Crippen LogP contribution in [-0.4, -0.2) is 51.8 Å². The molecule has 0 aliphatic carbocycles. The monoisotopic (exact) mass is 315 g/mol. The minimum Gasteiger partial charge on any atom is -0.477 e. The predicted octanol–water partition coefficient (Wildman–Crippen LogP) is 1.87. The molecule has 0 radical (unpaired) electrons. The van der Waals surface area contributed by atoms with E-state index in [1.54, 1.807) is 17.7 Å². The number of aryl methyl sites for hydroxylation is 1. The van der Waals surface area contributed by atoms with Gasteiger partial charge in [-0.1, -0.05) is 0 Å². The van der Waals surface area contributed by atoms with Gasteiger partial charge in [0.25, 0.3) is 0 Å². The molecule has 2 aromatic rings. The molecule has 23 heavy (non-hydrogen) atoms. The lowest BCUT2D eigenvalue weighted by Gasteiger charge is -2.21. The largest absolute Gasteiger partial charge is 0.477 e. The van der Waals surface area contributed by atoms with Gasteiger partial charge in [0.2, 0.25) is 5.95 Å². The van der Waals surface area contributed by atoms with Crippen LogP contribution in [0, 0.1) is 0 Å². The summed E-state index contributed by atoms with van der Waals surface area (Å²) in [5.74, 6) is 0.688. The van der Waals surface area contributed by atoms with Crippen LogP contribution in [0.15, 0.2) is 6.07 Å². The van der Waals surface area contributed by atoms with Gasteiger partial charge in [0.15, 0.2) is 0 Å². The average Bonchev–Trinajstić information content (AvgIpc) is 3.28. The number of carboxylic acid groups (broad SMARTS) is 1. The van der Waals surface area contributed by atoms with Crippen molar-refractivity contribution in [1.29, 1.82) is 0 Å². The molecule has 0 saturated carbocycles. The Bertz CT molecular complexity index is 757. The molecule has 0 unspecified atom stereocenters. The van der Waals surface area contributed by atoms with Gasteiger partial charge in [-0.15, -0.1) is 0 Å². The second-order valence-corrected chi connectivity index (χ2v) is 6.37. The van der Waals surface area contributed by atoms with E-state index in [0.29, 0.717) is 5.65 Å². The lowest BCUT2D eigenvalue weighted by molar-refractivity contribution is 0.0687. The number of aromatic carboxylic acids is 1. The maximum Gasteiger partial charge on any atom is 0.352 e.